The van der Waals surface area contributed by atoms with Crippen LogP contribution in [0.3, 0.4) is 0 Å². The van der Waals surface area contributed by atoms with Crippen LogP contribution in [0.25, 0.3) is 0 Å². The molecule has 0 aromatic heterocycles. The molecule has 0 fully saturated rings. The molecule has 1 aliphatic heterocycles. The lowest BCUT2D eigenvalue weighted by Gasteiger charge is -2.21. The maximum Gasteiger partial charge on any atom is 0.516 e. The Hall–Kier alpha value is -1.24. The molecular weight excluding hydrogens is 255 g/mol. The van der Waals surface area contributed by atoms with Crippen LogP contribution in [0, 0.1) is 6.92 Å². The molecule has 0 radical (unpaired) electrons. The van der Waals surface area contributed by atoms with Gasteiger partial charge < -0.3 is 0 Å². The Morgan fingerprint density at radius 1 is 1.29 bits per heavy atom. The number of alkyl halides is 3. The molecule has 0 saturated heterocycles. The van der Waals surface area contributed by atoms with Crippen molar-refractivity contribution in [3.63, 3.8) is 0 Å². The summed E-state index contributed by atoms with van der Waals surface area (Å²) >= 11 is 0. The molecule has 7 heteroatoms. The molecule has 0 atom stereocenters. The highest BCUT2D eigenvalue weighted by atomic mass is 32.2. The highest BCUT2D eigenvalue weighted by Crippen LogP contribution is 2.36. The van der Waals surface area contributed by atoms with Gasteiger partial charge in [0.1, 0.15) is 0 Å². The van der Waals surface area contributed by atoms with Gasteiger partial charge in [-0.2, -0.15) is 21.6 Å². The van der Waals surface area contributed by atoms with E-state index >= 15 is 0 Å². The van der Waals surface area contributed by atoms with E-state index in [1.54, 1.807) is 19.1 Å². The lowest BCUT2D eigenvalue weighted by molar-refractivity contribution is -0.0437. The molecule has 0 spiro atoms. The van der Waals surface area contributed by atoms with Crippen LogP contribution in [-0.2, 0) is 16.4 Å². The first-order valence-electron chi connectivity index (χ1n) is 4.92. The van der Waals surface area contributed by atoms with E-state index in [1.807, 2.05) is 0 Å². The molecule has 0 bridgehead atoms. The van der Waals surface area contributed by atoms with Crippen molar-refractivity contribution in [2.75, 3.05) is 10.8 Å². The fourth-order valence-corrected chi connectivity index (χ4v) is 2.84. The second-order valence-electron chi connectivity index (χ2n) is 3.91. The predicted octanol–water partition coefficient (Wildman–Crippen LogP) is 2.21. The number of benzene rings is 1. The van der Waals surface area contributed by atoms with Crippen molar-refractivity contribution in [1.82, 2.24) is 0 Å². The molecule has 94 valence electrons. The smallest absolute Gasteiger partial charge is 0.262 e. The molecule has 1 aromatic carbocycles. The van der Waals surface area contributed by atoms with Crippen LogP contribution in [0.2, 0.25) is 0 Å². The first-order chi connectivity index (χ1) is 7.73. The Kier molecular flexibility index (Phi) is 2.61. The van der Waals surface area contributed by atoms with Crippen LogP contribution in [0.4, 0.5) is 18.9 Å². The summed E-state index contributed by atoms with van der Waals surface area (Å²) in [7, 11) is -5.27. The number of fused-ring (bicyclic) bond motifs is 1. The van der Waals surface area contributed by atoms with E-state index in [0.717, 1.165) is 5.56 Å². The van der Waals surface area contributed by atoms with Crippen molar-refractivity contribution < 1.29 is 21.6 Å². The fraction of sp³-hybridized carbons (Fsp3) is 0.400. The Bertz CT molecular complexity index is 551. The van der Waals surface area contributed by atoms with Crippen molar-refractivity contribution in [1.29, 1.82) is 0 Å². The maximum atomic E-state index is 12.5. The van der Waals surface area contributed by atoms with Gasteiger partial charge in [0.15, 0.2) is 0 Å². The molecule has 17 heavy (non-hydrogen) atoms. The molecule has 1 aliphatic rings. The highest BCUT2D eigenvalue weighted by Gasteiger charge is 2.51. The van der Waals surface area contributed by atoms with Gasteiger partial charge in [-0.25, -0.2) is 0 Å². The van der Waals surface area contributed by atoms with Gasteiger partial charge in [-0.1, -0.05) is 12.1 Å². The van der Waals surface area contributed by atoms with Crippen molar-refractivity contribution in [2.24, 2.45) is 0 Å². The van der Waals surface area contributed by atoms with Crippen LogP contribution >= 0.6 is 0 Å². The number of aryl methyl sites for hydroxylation is 1. The fourth-order valence-electron chi connectivity index (χ4n) is 1.83. The average Bonchev–Trinajstić information content (AvgIpc) is 2.58. The minimum Gasteiger partial charge on any atom is -0.262 e. The Morgan fingerprint density at radius 3 is 2.53 bits per heavy atom. The van der Waals surface area contributed by atoms with Gasteiger partial charge >= 0.3 is 15.5 Å². The minimum atomic E-state index is -5.27. The zero-order chi connectivity index (χ0) is 12.8. The topological polar surface area (TPSA) is 37.4 Å². The molecule has 0 aliphatic carbocycles. The van der Waals surface area contributed by atoms with Gasteiger partial charge in [0.05, 0.1) is 5.69 Å². The third-order valence-electron chi connectivity index (χ3n) is 2.68. The normalized spacial score (nSPS) is 16.1. The summed E-state index contributed by atoms with van der Waals surface area (Å²) in [6.07, 6.45) is 0.310. The second kappa shape index (κ2) is 3.63. The summed E-state index contributed by atoms with van der Waals surface area (Å²) in [4.78, 5) is 0. The van der Waals surface area contributed by atoms with Gasteiger partial charge in [-0.15, -0.1) is 0 Å². The summed E-state index contributed by atoms with van der Waals surface area (Å²) < 4.78 is 60.4. The SMILES string of the molecule is Cc1ccc2c(c1)N(S(=O)(=O)C(F)(F)F)CC2. The molecule has 1 heterocycles. The molecule has 0 saturated carbocycles. The van der Waals surface area contributed by atoms with Crippen LogP contribution in [0.5, 0.6) is 0 Å². The predicted molar refractivity (Wildman–Crippen MR) is 57.2 cm³/mol. The van der Waals surface area contributed by atoms with E-state index in [-0.39, 0.29) is 12.2 Å². The molecule has 2 rings (SSSR count). The van der Waals surface area contributed by atoms with Gasteiger partial charge in [-0.3, -0.25) is 4.31 Å². The van der Waals surface area contributed by atoms with Crippen molar-refractivity contribution in [3.05, 3.63) is 29.3 Å². The zero-order valence-corrected chi connectivity index (χ0v) is 9.77. The molecule has 3 nitrogen and oxygen atoms in total. The van der Waals surface area contributed by atoms with Crippen LogP contribution < -0.4 is 4.31 Å². The second-order valence-corrected chi connectivity index (χ2v) is 5.76. The number of sulfonamides is 1. The molecule has 0 N–H and O–H groups in total. The number of hydrogen-bond donors (Lipinski definition) is 0. The van der Waals surface area contributed by atoms with Crippen LogP contribution in [0.15, 0.2) is 18.2 Å². The summed E-state index contributed by atoms with van der Waals surface area (Å²) in [6, 6.07) is 4.88. The molecule has 0 amide bonds. The van der Waals surface area contributed by atoms with E-state index in [4.69, 9.17) is 0 Å². The first kappa shape index (κ1) is 12.2. The number of nitrogens with zero attached hydrogens (tertiary/aromatic N) is 1. The number of hydrogen-bond acceptors (Lipinski definition) is 2. The third kappa shape index (κ3) is 1.88. The summed E-state index contributed by atoms with van der Waals surface area (Å²) in [5.41, 5.74) is -3.75. The molecular formula is C10H10F3NO2S. The van der Waals surface area contributed by atoms with Crippen molar-refractivity contribution in [3.8, 4) is 0 Å². The first-order valence-corrected chi connectivity index (χ1v) is 6.36. The van der Waals surface area contributed by atoms with Crippen LogP contribution in [-0.4, -0.2) is 20.5 Å². The third-order valence-corrected chi connectivity index (χ3v) is 4.22. The Labute approximate surface area is 96.9 Å². The van der Waals surface area contributed by atoms with E-state index in [9.17, 15) is 21.6 Å². The largest absolute Gasteiger partial charge is 0.516 e. The lowest BCUT2D eigenvalue weighted by Crippen LogP contribution is -2.39. The number of rotatable bonds is 1. The molecule has 1 aromatic rings. The molecule has 0 unspecified atom stereocenters. The van der Waals surface area contributed by atoms with Gasteiger partial charge in [0.2, 0.25) is 0 Å². The Balaban J connectivity index is 2.51. The van der Waals surface area contributed by atoms with E-state index < -0.39 is 15.5 Å². The van der Waals surface area contributed by atoms with E-state index in [1.165, 1.54) is 6.07 Å². The lowest BCUT2D eigenvalue weighted by atomic mass is 10.1. The van der Waals surface area contributed by atoms with Gasteiger partial charge in [0.25, 0.3) is 0 Å². The summed E-state index contributed by atoms with van der Waals surface area (Å²) in [5.74, 6) is 0. The monoisotopic (exact) mass is 265 g/mol. The van der Waals surface area contributed by atoms with Crippen molar-refractivity contribution in [2.45, 2.75) is 18.9 Å². The quantitative estimate of drug-likeness (QED) is 0.780. The van der Waals surface area contributed by atoms with Gasteiger partial charge in [-0.05, 0) is 30.5 Å². The minimum absolute atomic E-state index is 0.141. The number of halogens is 3. The maximum absolute atomic E-state index is 12.5. The highest BCUT2D eigenvalue weighted by molar-refractivity contribution is 7.93. The summed E-state index contributed by atoms with van der Waals surface area (Å²) in [5, 5.41) is 0. The summed E-state index contributed by atoms with van der Waals surface area (Å²) in [6.45, 7) is 1.55. The van der Waals surface area contributed by atoms with E-state index in [2.05, 4.69) is 0 Å². The standard InChI is InChI=1S/C10H10F3NO2S/c1-7-2-3-8-4-5-14(9(8)6-7)17(15,16)10(11,12)13/h2-3,6H,4-5H2,1H3. The van der Waals surface area contributed by atoms with E-state index in [0.29, 0.717) is 16.3 Å². The zero-order valence-electron chi connectivity index (χ0n) is 8.95. The Morgan fingerprint density at radius 2 is 1.94 bits per heavy atom. The van der Waals surface area contributed by atoms with Crippen LogP contribution in [0.1, 0.15) is 11.1 Å². The van der Waals surface area contributed by atoms with Gasteiger partial charge in [0, 0.05) is 6.54 Å². The van der Waals surface area contributed by atoms with Crippen molar-refractivity contribution >= 4 is 15.7 Å². The number of anilines is 1. The average molecular weight is 265 g/mol.